The van der Waals surface area contributed by atoms with Crippen molar-refractivity contribution in [3.8, 4) is 11.5 Å². The minimum Gasteiger partial charge on any atom is -0.338 e. The van der Waals surface area contributed by atoms with Crippen molar-refractivity contribution in [3.05, 3.63) is 95.4 Å². The summed E-state index contributed by atoms with van der Waals surface area (Å²) < 4.78 is 4.21. The number of thioether (sulfide) groups is 1. The van der Waals surface area contributed by atoms with E-state index in [1.807, 2.05) is 34.7 Å². The predicted molar refractivity (Wildman–Crippen MR) is 146 cm³/mol. The lowest BCUT2D eigenvalue weighted by atomic mass is 10.0. The molecule has 0 bridgehead atoms. The van der Waals surface area contributed by atoms with Crippen LogP contribution in [-0.2, 0) is 6.54 Å². The van der Waals surface area contributed by atoms with Gasteiger partial charge in [-0.1, -0.05) is 44.2 Å². The molecule has 0 spiro atoms. The Morgan fingerprint density at radius 1 is 1.08 bits per heavy atom. The Bertz CT molecular complexity index is 1340. The smallest absolute Gasteiger partial charge is 0.318 e. The standard InChI is InChI=1S/C29H33N5OS/c1-20(2)16-17-30-29(35)33-19-25-21(3)31-34(23-9-6-5-7-10-23)28(25)32-18-8-11-26(32)27(33)22-12-14-24(36-4)15-13-22/h5-15,18,20,27H,16-17,19H2,1-4H3,(H,30,35). The summed E-state index contributed by atoms with van der Waals surface area (Å²) in [7, 11) is 0. The van der Waals surface area contributed by atoms with E-state index >= 15 is 0 Å². The first-order chi connectivity index (χ1) is 17.5. The molecule has 4 aromatic rings. The number of fused-ring (bicyclic) bond motifs is 3. The minimum absolute atomic E-state index is 0.0537. The molecular weight excluding hydrogens is 466 g/mol. The molecule has 0 saturated heterocycles. The molecule has 0 radical (unpaired) electrons. The molecule has 3 heterocycles. The minimum atomic E-state index is -0.231. The summed E-state index contributed by atoms with van der Waals surface area (Å²) in [6, 6.07) is 22.6. The highest BCUT2D eigenvalue weighted by atomic mass is 32.2. The number of aryl methyl sites for hydroxylation is 1. The average Bonchev–Trinajstić information content (AvgIpc) is 3.45. The van der Waals surface area contributed by atoms with Crippen LogP contribution < -0.4 is 5.32 Å². The molecule has 1 atom stereocenters. The fraction of sp³-hybridized carbons (Fsp3) is 0.310. The van der Waals surface area contributed by atoms with Crippen molar-refractivity contribution in [3.63, 3.8) is 0 Å². The Hall–Kier alpha value is -3.45. The topological polar surface area (TPSA) is 55.1 Å². The fourth-order valence-corrected chi connectivity index (χ4v) is 5.26. The largest absolute Gasteiger partial charge is 0.338 e. The normalized spacial score (nSPS) is 14.9. The molecule has 0 saturated carbocycles. The van der Waals surface area contributed by atoms with Crippen molar-refractivity contribution >= 4 is 17.8 Å². The quantitative estimate of drug-likeness (QED) is 0.314. The number of carbonyl (C=O) groups is 1. The number of nitrogens with zero attached hydrogens (tertiary/aromatic N) is 4. The van der Waals surface area contributed by atoms with Gasteiger partial charge >= 0.3 is 6.03 Å². The highest BCUT2D eigenvalue weighted by Crippen LogP contribution is 2.38. The van der Waals surface area contributed by atoms with Gasteiger partial charge in [-0.3, -0.25) is 0 Å². The molecule has 1 unspecified atom stereocenters. The number of hydrogen-bond acceptors (Lipinski definition) is 3. The molecule has 0 fully saturated rings. The van der Waals surface area contributed by atoms with E-state index in [1.165, 1.54) is 4.90 Å². The first kappa shape index (κ1) is 24.3. The van der Waals surface area contributed by atoms with Crippen LogP contribution in [0.4, 0.5) is 4.79 Å². The van der Waals surface area contributed by atoms with Crippen molar-refractivity contribution in [1.29, 1.82) is 0 Å². The van der Waals surface area contributed by atoms with Crippen LogP contribution in [0, 0.1) is 12.8 Å². The third-order valence-electron chi connectivity index (χ3n) is 6.78. The van der Waals surface area contributed by atoms with E-state index in [0.717, 1.165) is 40.4 Å². The van der Waals surface area contributed by atoms with Gasteiger partial charge < -0.3 is 14.8 Å². The molecule has 186 valence electrons. The Kier molecular flexibility index (Phi) is 6.92. The average molecular weight is 500 g/mol. The number of urea groups is 1. The van der Waals surface area contributed by atoms with E-state index in [4.69, 9.17) is 5.10 Å². The van der Waals surface area contributed by atoms with Crippen molar-refractivity contribution in [2.75, 3.05) is 12.8 Å². The molecular formula is C29H33N5OS. The summed E-state index contributed by atoms with van der Waals surface area (Å²) in [5.41, 5.74) is 5.11. The van der Waals surface area contributed by atoms with Crippen LogP contribution in [0.15, 0.2) is 77.8 Å². The highest BCUT2D eigenvalue weighted by Gasteiger charge is 2.35. The second-order valence-electron chi connectivity index (χ2n) is 9.66. The van der Waals surface area contributed by atoms with E-state index in [1.54, 1.807) is 11.8 Å². The van der Waals surface area contributed by atoms with E-state index in [9.17, 15) is 4.79 Å². The van der Waals surface area contributed by atoms with Crippen LogP contribution in [0.5, 0.6) is 0 Å². The SMILES string of the molecule is CSc1ccc(C2c3cccn3-c3c(c(C)nn3-c3ccccc3)CN2C(=O)NCCC(C)C)cc1. The maximum atomic E-state index is 13.7. The molecule has 7 heteroatoms. The molecule has 1 aliphatic heterocycles. The molecule has 1 N–H and O–H groups in total. The predicted octanol–water partition coefficient (Wildman–Crippen LogP) is 6.35. The molecule has 2 amide bonds. The van der Waals surface area contributed by atoms with Gasteiger partial charge in [-0.05, 0) is 67.5 Å². The third kappa shape index (κ3) is 4.55. The zero-order chi connectivity index (χ0) is 25.2. The van der Waals surface area contributed by atoms with Gasteiger partial charge in [-0.25, -0.2) is 9.48 Å². The van der Waals surface area contributed by atoms with E-state index < -0.39 is 0 Å². The van der Waals surface area contributed by atoms with Crippen molar-refractivity contribution in [2.45, 2.75) is 44.7 Å². The second kappa shape index (κ2) is 10.3. The van der Waals surface area contributed by atoms with Gasteiger partial charge in [0.15, 0.2) is 0 Å². The van der Waals surface area contributed by atoms with E-state index in [-0.39, 0.29) is 12.1 Å². The van der Waals surface area contributed by atoms with Gasteiger partial charge in [0.05, 0.1) is 29.7 Å². The van der Waals surface area contributed by atoms with Gasteiger partial charge in [0.1, 0.15) is 5.82 Å². The summed E-state index contributed by atoms with van der Waals surface area (Å²) in [5, 5.41) is 8.11. The van der Waals surface area contributed by atoms with Crippen molar-refractivity contribution < 1.29 is 4.79 Å². The summed E-state index contributed by atoms with van der Waals surface area (Å²) in [6.07, 6.45) is 5.10. The molecule has 1 aliphatic rings. The summed E-state index contributed by atoms with van der Waals surface area (Å²) in [4.78, 5) is 16.9. The number of benzene rings is 2. The van der Waals surface area contributed by atoms with Gasteiger partial charge in [-0.15, -0.1) is 11.8 Å². The lowest BCUT2D eigenvalue weighted by Crippen LogP contribution is -2.42. The Balaban J connectivity index is 1.66. The van der Waals surface area contributed by atoms with Crippen molar-refractivity contribution in [1.82, 2.24) is 24.6 Å². The maximum Gasteiger partial charge on any atom is 0.318 e. The van der Waals surface area contributed by atoms with Gasteiger partial charge in [0, 0.05) is 23.2 Å². The molecule has 2 aromatic heterocycles. The van der Waals surface area contributed by atoms with Gasteiger partial charge in [-0.2, -0.15) is 5.10 Å². The zero-order valence-corrected chi connectivity index (χ0v) is 22.1. The summed E-state index contributed by atoms with van der Waals surface area (Å²) in [6.45, 7) is 7.51. The van der Waals surface area contributed by atoms with Gasteiger partial charge in [0.25, 0.3) is 0 Å². The number of amides is 2. The Labute approximate surface area is 217 Å². The molecule has 36 heavy (non-hydrogen) atoms. The van der Waals surface area contributed by atoms with E-state index in [0.29, 0.717) is 19.0 Å². The molecule has 0 aliphatic carbocycles. The van der Waals surface area contributed by atoms with Gasteiger partial charge in [0.2, 0.25) is 0 Å². The zero-order valence-electron chi connectivity index (χ0n) is 21.3. The third-order valence-corrected chi connectivity index (χ3v) is 7.52. The molecule has 6 nitrogen and oxygen atoms in total. The van der Waals surface area contributed by atoms with Crippen LogP contribution >= 0.6 is 11.8 Å². The van der Waals surface area contributed by atoms with Crippen LogP contribution in [0.2, 0.25) is 0 Å². The number of nitrogens with one attached hydrogen (secondary N) is 1. The number of rotatable bonds is 6. The first-order valence-corrected chi connectivity index (χ1v) is 13.7. The molecule has 5 rings (SSSR count). The van der Waals surface area contributed by atoms with Crippen molar-refractivity contribution in [2.24, 2.45) is 5.92 Å². The Morgan fingerprint density at radius 2 is 1.83 bits per heavy atom. The monoisotopic (exact) mass is 499 g/mol. The molecule has 2 aromatic carbocycles. The summed E-state index contributed by atoms with van der Waals surface area (Å²) in [5.74, 6) is 1.52. The second-order valence-corrected chi connectivity index (χ2v) is 10.5. The number of carbonyl (C=O) groups excluding carboxylic acids is 1. The van der Waals surface area contributed by atoms with E-state index in [2.05, 4.69) is 84.7 Å². The van der Waals surface area contributed by atoms with Crippen LogP contribution in [0.3, 0.4) is 0 Å². The van der Waals surface area contributed by atoms with Crippen LogP contribution in [0.25, 0.3) is 11.5 Å². The highest BCUT2D eigenvalue weighted by molar-refractivity contribution is 7.98. The Morgan fingerprint density at radius 3 is 2.53 bits per heavy atom. The number of hydrogen-bond donors (Lipinski definition) is 1. The van der Waals surface area contributed by atoms with Crippen LogP contribution in [0.1, 0.15) is 48.8 Å². The fourth-order valence-electron chi connectivity index (χ4n) is 4.86. The maximum absolute atomic E-state index is 13.7. The van der Waals surface area contributed by atoms with Crippen LogP contribution in [-0.4, -0.2) is 38.1 Å². The number of aromatic nitrogens is 3. The lowest BCUT2D eigenvalue weighted by molar-refractivity contribution is 0.180. The summed E-state index contributed by atoms with van der Waals surface area (Å²) >= 11 is 1.72. The lowest BCUT2D eigenvalue weighted by Gasteiger charge is -2.31. The number of para-hydroxylation sites is 1. The first-order valence-electron chi connectivity index (χ1n) is 12.5.